The van der Waals surface area contributed by atoms with Gasteiger partial charge in [-0.3, -0.25) is 4.79 Å². The maximum atomic E-state index is 13.5. The van der Waals surface area contributed by atoms with Gasteiger partial charge in [-0.15, -0.1) is 11.3 Å². The number of methoxy groups -OCH3 is 2. The summed E-state index contributed by atoms with van der Waals surface area (Å²) < 4.78 is 24.1. The van der Waals surface area contributed by atoms with Gasteiger partial charge in [-0.2, -0.15) is 0 Å². The molecule has 1 aliphatic heterocycles. The summed E-state index contributed by atoms with van der Waals surface area (Å²) in [5.74, 6) is 0.729. The molecule has 144 valence electrons. The molecule has 0 saturated heterocycles. The van der Waals surface area contributed by atoms with Crippen molar-refractivity contribution in [3.8, 4) is 11.5 Å². The van der Waals surface area contributed by atoms with Gasteiger partial charge in [0.25, 0.3) is 5.91 Å². The molecule has 1 atom stereocenters. The first kappa shape index (κ1) is 18.5. The Morgan fingerprint density at radius 2 is 1.75 bits per heavy atom. The second kappa shape index (κ2) is 7.64. The first-order valence-electron chi connectivity index (χ1n) is 8.96. The number of carbonyl (C=O) groups excluding carboxylic acids is 1. The van der Waals surface area contributed by atoms with Crippen LogP contribution >= 0.6 is 11.3 Å². The zero-order chi connectivity index (χ0) is 19.7. The molecule has 4 rings (SSSR count). The number of hydrogen-bond acceptors (Lipinski definition) is 4. The standard InChI is InChI=1S/C22H20FNO3S/c1-26-17-11-15(12-18(13-17)27-2)22(25)24-9-7-20-19(8-10-28-20)21(24)14-3-5-16(23)6-4-14/h3-6,8,10-13,21H,7,9H2,1-2H3. The highest BCUT2D eigenvalue weighted by molar-refractivity contribution is 7.10. The van der Waals surface area contributed by atoms with E-state index in [1.54, 1.807) is 55.9 Å². The molecule has 28 heavy (non-hydrogen) atoms. The lowest BCUT2D eigenvalue weighted by atomic mass is 9.92. The van der Waals surface area contributed by atoms with Crippen molar-refractivity contribution in [3.05, 3.63) is 81.3 Å². The SMILES string of the molecule is COc1cc(OC)cc(C(=O)N2CCc3sccc3C2c2ccc(F)cc2)c1. The zero-order valence-electron chi connectivity index (χ0n) is 15.6. The number of hydrogen-bond donors (Lipinski definition) is 0. The van der Waals surface area contributed by atoms with E-state index < -0.39 is 0 Å². The second-order valence-electron chi connectivity index (χ2n) is 6.60. The molecule has 0 saturated carbocycles. The number of halogens is 1. The first-order valence-corrected chi connectivity index (χ1v) is 9.84. The van der Waals surface area contributed by atoms with E-state index in [0.29, 0.717) is 23.6 Å². The Hall–Kier alpha value is -2.86. The normalized spacial score (nSPS) is 15.8. The monoisotopic (exact) mass is 397 g/mol. The van der Waals surface area contributed by atoms with Crippen LogP contribution in [0.2, 0.25) is 0 Å². The van der Waals surface area contributed by atoms with Crippen molar-refractivity contribution in [1.29, 1.82) is 0 Å². The summed E-state index contributed by atoms with van der Waals surface area (Å²) in [5, 5.41) is 2.05. The van der Waals surface area contributed by atoms with Crippen LogP contribution in [0.4, 0.5) is 4.39 Å². The number of fused-ring (bicyclic) bond motifs is 1. The Kier molecular flexibility index (Phi) is 5.05. The highest BCUT2D eigenvalue weighted by atomic mass is 32.1. The third-order valence-corrected chi connectivity index (χ3v) is 6.01. The summed E-state index contributed by atoms with van der Waals surface area (Å²) in [6.45, 7) is 0.591. The van der Waals surface area contributed by atoms with Crippen molar-refractivity contribution in [1.82, 2.24) is 4.90 Å². The number of carbonyl (C=O) groups is 1. The molecular weight excluding hydrogens is 377 g/mol. The summed E-state index contributed by atoms with van der Waals surface area (Å²) >= 11 is 1.70. The molecular formula is C22H20FNO3S. The van der Waals surface area contributed by atoms with Crippen LogP contribution in [0.3, 0.4) is 0 Å². The number of rotatable bonds is 4. The van der Waals surface area contributed by atoms with Gasteiger partial charge in [0.2, 0.25) is 0 Å². The van der Waals surface area contributed by atoms with E-state index in [1.807, 2.05) is 10.3 Å². The van der Waals surface area contributed by atoms with Gasteiger partial charge in [0, 0.05) is 23.1 Å². The van der Waals surface area contributed by atoms with Crippen molar-refractivity contribution in [2.24, 2.45) is 0 Å². The zero-order valence-corrected chi connectivity index (χ0v) is 16.5. The van der Waals surface area contributed by atoms with Gasteiger partial charge in [-0.25, -0.2) is 4.39 Å². The summed E-state index contributed by atoms with van der Waals surface area (Å²) in [5.41, 5.74) is 2.50. The van der Waals surface area contributed by atoms with Crippen LogP contribution in [0.1, 0.15) is 32.4 Å². The molecule has 2 heterocycles. The Labute approximate surface area is 167 Å². The Morgan fingerprint density at radius 3 is 2.39 bits per heavy atom. The molecule has 0 N–H and O–H groups in total. The fourth-order valence-corrected chi connectivity index (χ4v) is 4.54. The maximum Gasteiger partial charge on any atom is 0.254 e. The average molecular weight is 397 g/mol. The van der Waals surface area contributed by atoms with Gasteiger partial charge >= 0.3 is 0 Å². The topological polar surface area (TPSA) is 38.8 Å². The minimum Gasteiger partial charge on any atom is -0.497 e. The quantitative estimate of drug-likeness (QED) is 0.641. The van der Waals surface area contributed by atoms with Crippen molar-refractivity contribution < 1.29 is 18.7 Å². The fraction of sp³-hybridized carbons (Fsp3) is 0.227. The van der Waals surface area contributed by atoms with Gasteiger partial charge < -0.3 is 14.4 Å². The number of benzene rings is 2. The van der Waals surface area contributed by atoms with E-state index in [-0.39, 0.29) is 17.8 Å². The summed E-state index contributed by atoms with van der Waals surface area (Å²) in [6, 6.07) is 13.4. The van der Waals surface area contributed by atoms with E-state index >= 15 is 0 Å². The minimum atomic E-state index is -0.291. The molecule has 0 spiro atoms. The summed E-state index contributed by atoms with van der Waals surface area (Å²) in [6.07, 6.45) is 0.803. The lowest BCUT2D eigenvalue weighted by molar-refractivity contribution is 0.0695. The first-order chi connectivity index (χ1) is 13.6. The smallest absolute Gasteiger partial charge is 0.254 e. The van der Waals surface area contributed by atoms with E-state index in [1.165, 1.54) is 17.0 Å². The van der Waals surface area contributed by atoms with Crippen LogP contribution in [-0.4, -0.2) is 31.6 Å². The molecule has 3 aromatic rings. The average Bonchev–Trinajstić information content (AvgIpc) is 3.21. The third kappa shape index (κ3) is 3.36. The molecule has 4 nitrogen and oxygen atoms in total. The predicted octanol–water partition coefficient (Wildman–Crippen LogP) is 4.69. The number of nitrogens with zero attached hydrogens (tertiary/aromatic N) is 1. The van der Waals surface area contributed by atoms with E-state index in [0.717, 1.165) is 17.5 Å². The Morgan fingerprint density at radius 1 is 1.07 bits per heavy atom. The highest BCUT2D eigenvalue weighted by Gasteiger charge is 2.33. The number of amides is 1. The van der Waals surface area contributed by atoms with Crippen LogP contribution in [0.25, 0.3) is 0 Å². The predicted molar refractivity (Wildman–Crippen MR) is 107 cm³/mol. The molecule has 0 bridgehead atoms. The molecule has 0 aliphatic carbocycles. The van der Waals surface area contributed by atoms with Crippen LogP contribution in [0, 0.1) is 5.82 Å². The maximum absolute atomic E-state index is 13.5. The molecule has 0 fully saturated rings. The Bertz CT molecular complexity index is 977. The summed E-state index contributed by atoms with van der Waals surface area (Å²) in [7, 11) is 3.12. The molecule has 6 heteroatoms. The van der Waals surface area contributed by atoms with Gasteiger partial charge in [0.05, 0.1) is 20.3 Å². The lowest BCUT2D eigenvalue weighted by Crippen LogP contribution is -2.40. The van der Waals surface area contributed by atoms with Crippen molar-refractivity contribution >= 4 is 17.2 Å². The summed E-state index contributed by atoms with van der Waals surface area (Å²) in [4.78, 5) is 16.6. The molecule has 0 radical (unpaired) electrons. The second-order valence-corrected chi connectivity index (χ2v) is 7.60. The van der Waals surface area contributed by atoms with Crippen LogP contribution in [-0.2, 0) is 6.42 Å². The van der Waals surface area contributed by atoms with E-state index in [2.05, 4.69) is 6.07 Å². The van der Waals surface area contributed by atoms with E-state index in [9.17, 15) is 9.18 Å². The molecule has 2 aromatic carbocycles. The van der Waals surface area contributed by atoms with Crippen molar-refractivity contribution in [2.75, 3.05) is 20.8 Å². The Balaban J connectivity index is 1.77. The van der Waals surface area contributed by atoms with Crippen LogP contribution < -0.4 is 9.47 Å². The molecule has 1 unspecified atom stereocenters. The fourth-order valence-electron chi connectivity index (χ4n) is 3.64. The van der Waals surface area contributed by atoms with Gasteiger partial charge in [0.15, 0.2) is 0 Å². The van der Waals surface area contributed by atoms with Crippen molar-refractivity contribution in [3.63, 3.8) is 0 Å². The minimum absolute atomic E-state index is 0.108. The van der Waals surface area contributed by atoms with E-state index in [4.69, 9.17) is 9.47 Å². The molecule has 1 amide bonds. The van der Waals surface area contributed by atoms with Gasteiger partial charge in [0.1, 0.15) is 17.3 Å². The molecule has 1 aromatic heterocycles. The lowest BCUT2D eigenvalue weighted by Gasteiger charge is -2.36. The third-order valence-electron chi connectivity index (χ3n) is 5.01. The molecule has 1 aliphatic rings. The van der Waals surface area contributed by atoms with Gasteiger partial charge in [-0.1, -0.05) is 12.1 Å². The number of thiophene rings is 1. The largest absolute Gasteiger partial charge is 0.497 e. The number of ether oxygens (including phenoxy) is 2. The van der Waals surface area contributed by atoms with Crippen LogP contribution in [0.15, 0.2) is 53.9 Å². The van der Waals surface area contributed by atoms with Crippen LogP contribution in [0.5, 0.6) is 11.5 Å². The van der Waals surface area contributed by atoms with Crippen molar-refractivity contribution in [2.45, 2.75) is 12.5 Å². The highest BCUT2D eigenvalue weighted by Crippen LogP contribution is 2.39. The van der Waals surface area contributed by atoms with Gasteiger partial charge in [-0.05, 0) is 53.3 Å².